The second kappa shape index (κ2) is 4.47. The maximum Gasteiger partial charge on any atom is 0.397 e. The summed E-state index contributed by atoms with van der Waals surface area (Å²) in [5.41, 5.74) is 0.332. The first-order valence-electron chi connectivity index (χ1n) is 4.02. The number of hydrogen-bond donors (Lipinski definition) is 3. The van der Waals surface area contributed by atoms with Crippen LogP contribution in [0, 0.1) is 0 Å². The summed E-state index contributed by atoms with van der Waals surface area (Å²) >= 11 is 0. The molecule has 0 bridgehead atoms. The SMILES string of the molecule is O=S(=O)(O)OCCc1cccc(O)c1O. The fraction of sp³-hybridized carbons (Fsp3) is 0.250. The Morgan fingerprint density at radius 1 is 1.27 bits per heavy atom. The van der Waals surface area contributed by atoms with Crippen LogP contribution in [0.15, 0.2) is 18.2 Å². The van der Waals surface area contributed by atoms with Crippen LogP contribution in [0.2, 0.25) is 0 Å². The molecule has 0 unspecified atom stereocenters. The van der Waals surface area contributed by atoms with Crippen molar-refractivity contribution in [2.24, 2.45) is 0 Å². The number of hydrogen-bond acceptors (Lipinski definition) is 5. The number of phenolic OH excluding ortho intramolecular Hbond substituents is 2. The standard InChI is InChI=1S/C8H10O6S/c9-7-3-1-2-6(8(7)10)4-5-14-15(11,12)13/h1-3,9-10H,4-5H2,(H,11,12,13). The van der Waals surface area contributed by atoms with Crippen molar-refractivity contribution in [2.45, 2.75) is 6.42 Å². The predicted molar refractivity (Wildman–Crippen MR) is 51.0 cm³/mol. The van der Waals surface area contributed by atoms with Gasteiger partial charge in [0.05, 0.1) is 6.61 Å². The van der Waals surface area contributed by atoms with Gasteiger partial charge in [-0.3, -0.25) is 4.55 Å². The number of aromatic hydroxyl groups is 2. The normalized spacial score (nSPS) is 11.5. The molecule has 3 N–H and O–H groups in total. The fourth-order valence-corrected chi connectivity index (χ4v) is 1.33. The molecule has 84 valence electrons. The van der Waals surface area contributed by atoms with Gasteiger partial charge in [-0.15, -0.1) is 0 Å². The van der Waals surface area contributed by atoms with Crippen molar-refractivity contribution in [3.05, 3.63) is 23.8 Å². The van der Waals surface area contributed by atoms with Crippen molar-refractivity contribution in [1.29, 1.82) is 0 Å². The second-order valence-corrected chi connectivity index (χ2v) is 3.88. The molecule has 1 rings (SSSR count). The molecule has 0 saturated heterocycles. The van der Waals surface area contributed by atoms with Crippen molar-refractivity contribution < 1.29 is 27.4 Å². The van der Waals surface area contributed by atoms with Crippen LogP contribution < -0.4 is 0 Å². The van der Waals surface area contributed by atoms with Crippen molar-refractivity contribution in [3.8, 4) is 11.5 Å². The summed E-state index contributed by atoms with van der Waals surface area (Å²) in [4.78, 5) is 0. The average molecular weight is 234 g/mol. The van der Waals surface area contributed by atoms with E-state index in [1.54, 1.807) is 0 Å². The quantitative estimate of drug-likeness (QED) is 0.516. The molecule has 6 nitrogen and oxygen atoms in total. The molecule has 7 heteroatoms. The van der Waals surface area contributed by atoms with Crippen LogP contribution in [-0.4, -0.2) is 29.8 Å². The molecule has 0 spiro atoms. The van der Waals surface area contributed by atoms with Gasteiger partial charge in [-0.1, -0.05) is 12.1 Å². The highest BCUT2D eigenvalue weighted by atomic mass is 32.3. The minimum Gasteiger partial charge on any atom is -0.504 e. The highest BCUT2D eigenvalue weighted by Gasteiger charge is 2.08. The molecule has 0 fully saturated rings. The summed E-state index contributed by atoms with van der Waals surface area (Å²) in [7, 11) is -4.46. The lowest BCUT2D eigenvalue weighted by Gasteiger charge is -2.05. The first-order valence-corrected chi connectivity index (χ1v) is 5.38. The van der Waals surface area contributed by atoms with Gasteiger partial charge in [-0.25, -0.2) is 4.18 Å². The van der Waals surface area contributed by atoms with Gasteiger partial charge in [0.15, 0.2) is 11.5 Å². The Hall–Kier alpha value is -1.31. The third kappa shape index (κ3) is 3.74. The highest BCUT2D eigenvalue weighted by molar-refractivity contribution is 7.80. The van der Waals surface area contributed by atoms with Crippen molar-refractivity contribution in [1.82, 2.24) is 0 Å². The second-order valence-electron chi connectivity index (χ2n) is 2.78. The molecule has 0 atom stereocenters. The van der Waals surface area contributed by atoms with Crippen LogP contribution in [0.1, 0.15) is 5.56 Å². The van der Waals surface area contributed by atoms with Crippen LogP contribution in [0.3, 0.4) is 0 Å². The Bertz CT molecular complexity index is 438. The maximum atomic E-state index is 10.2. The number of benzene rings is 1. The topological polar surface area (TPSA) is 104 Å². The maximum absolute atomic E-state index is 10.2. The zero-order chi connectivity index (χ0) is 11.5. The third-order valence-corrected chi connectivity index (χ3v) is 2.17. The number of para-hydroxylation sites is 1. The summed E-state index contributed by atoms with van der Waals surface area (Å²) in [5.74, 6) is -0.615. The predicted octanol–water partition coefficient (Wildman–Crippen LogP) is 0.460. The van der Waals surface area contributed by atoms with Crippen molar-refractivity contribution in [3.63, 3.8) is 0 Å². The Kier molecular flexibility index (Phi) is 3.51. The Balaban J connectivity index is 2.62. The van der Waals surface area contributed by atoms with E-state index in [2.05, 4.69) is 4.18 Å². The van der Waals surface area contributed by atoms with Crippen LogP contribution in [0.5, 0.6) is 11.5 Å². The van der Waals surface area contributed by atoms with Crippen LogP contribution in [0.4, 0.5) is 0 Å². The summed E-state index contributed by atoms with van der Waals surface area (Å²) in [6.07, 6.45) is 0.0556. The van der Waals surface area contributed by atoms with E-state index in [1.165, 1.54) is 18.2 Å². The minimum atomic E-state index is -4.46. The van der Waals surface area contributed by atoms with Crippen molar-refractivity contribution >= 4 is 10.4 Å². The Labute approximate surface area is 86.7 Å². The lowest BCUT2D eigenvalue weighted by atomic mass is 10.1. The van der Waals surface area contributed by atoms with Gasteiger partial charge < -0.3 is 10.2 Å². The molecule has 0 aliphatic rings. The molecule has 0 aliphatic heterocycles. The van der Waals surface area contributed by atoms with Crippen LogP contribution in [-0.2, 0) is 21.0 Å². The van der Waals surface area contributed by atoms with E-state index in [9.17, 15) is 13.5 Å². The van der Waals surface area contributed by atoms with Gasteiger partial charge in [0, 0.05) is 12.0 Å². The molecule has 0 aliphatic carbocycles. The number of phenols is 2. The van der Waals surface area contributed by atoms with E-state index in [1.807, 2.05) is 0 Å². The zero-order valence-corrected chi connectivity index (χ0v) is 8.44. The van der Waals surface area contributed by atoms with E-state index < -0.39 is 10.4 Å². The molecule has 0 heterocycles. The van der Waals surface area contributed by atoms with E-state index >= 15 is 0 Å². The number of rotatable bonds is 4. The first kappa shape index (κ1) is 11.8. The van der Waals surface area contributed by atoms with Gasteiger partial charge in [0.1, 0.15) is 0 Å². The minimum absolute atomic E-state index is 0.0556. The van der Waals surface area contributed by atoms with Crippen molar-refractivity contribution in [2.75, 3.05) is 6.61 Å². The molecular formula is C8H10O6S. The molecule has 1 aromatic rings. The molecular weight excluding hydrogens is 224 g/mol. The van der Waals surface area contributed by atoms with E-state index in [-0.39, 0.29) is 24.5 Å². The van der Waals surface area contributed by atoms with E-state index in [4.69, 9.17) is 9.66 Å². The molecule has 0 radical (unpaired) electrons. The molecule has 0 amide bonds. The summed E-state index contributed by atoms with van der Waals surface area (Å²) < 4.78 is 32.7. The smallest absolute Gasteiger partial charge is 0.397 e. The fourth-order valence-electron chi connectivity index (χ4n) is 1.04. The average Bonchev–Trinajstić information content (AvgIpc) is 2.10. The summed E-state index contributed by atoms with van der Waals surface area (Å²) in [5, 5.41) is 18.4. The Morgan fingerprint density at radius 2 is 1.93 bits per heavy atom. The first-order chi connectivity index (χ1) is 6.90. The highest BCUT2D eigenvalue weighted by Crippen LogP contribution is 2.28. The van der Waals surface area contributed by atoms with Gasteiger partial charge in [-0.2, -0.15) is 8.42 Å². The van der Waals surface area contributed by atoms with Gasteiger partial charge in [0.25, 0.3) is 0 Å². The molecule has 0 saturated carbocycles. The lowest BCUT2D eigenvalue weighted by molar-refractivity contribution is 0.270. The molecule has 1 aromatic carbocycles. The van der Waals surface area contributed by atoms with E-state index in [0.717, 1.165) is 0 Å². The Morgan fingerprint density at radius 3 is 2.53 bits per heavy atom. The summed E-state index contributed by atoms with van der Waals surface area (Å²) in [6.45, 7) is -0.310. The largest absolute Gasteiger partial charge is 0.504 e. The van der Waals surface area contributed by atoms with Gasteiger partial charge >= 0.3 is 10.4 Å². The lowest BCUT2D eigenvalue weighted by Crippen LogP contribution is -2.06. The molecule has 0 aromatic heterocycles. The zero-order valence-electron chi connectivity index (χ0n) is 7.62. The monoisotopic (exact) mass is 234 g/mol. The van der Waals surface area contributed by atoms with Gasteiger partial charge in [-0.05, 0) is 6.07 Å². The summed E-state index contributed by atoms with van der Waals surface area (Å²) in [6, 6.07) is 4.29. The van der Waals surface area contributed by atoms with Crippen LogP contribution >= 0.6 is 0 Å². The van der Waals surface area contributed by atoms with Crippen LogP contribution in [0.25, 0.3) is 0 Å². The third-order valence-electron chi connectivity index (χ3n) is 1.70. The van der Waals surface area contributed by atoms with E-state index in [0.29, 0.717) is 5.56 Å². The van der Waals surface area contributed by atoms with Gasteiger partial charge in [0.2, 0.25) is 0 Å². The molecule has 15 heavy (non-hydrogen) atoms.